The molecule has 3 aromatic rings. The molecule has 5 rings (SSSR count). The summed E-state index contributed by atoms with van der Waals surface area (Å²) in [6, 6.07) is 12.7. The summed E-state index contributed by atoms with van der Waals surface area (Å²) in [6.07, 6.45) is 4.69. The summed E-state index contributed by atoms with van der Waals surface area (Å²) in [5.74, 6) is -0.122. The van der Waals surface area contributed by atoms with Crippen molar-refractivity contribution in [3.63, 3.8) is 0 Å². The highest BCUT2D eigenvalue weighted by Gasteiger charge is 2.36. The van der Waals surface area contributed by atoms with E-state index in [1.807, 2.05) is 19.1 Å². The van der Waals surface area contributed by atoms with E-state index in [-0.39, 0.29) is 5.91 Å². The predicted octanol–water partition coefficient (Wildman–Crippen LogP) is 3.74. The molecular weight excluding hydrogens is 418 g/mol. The van der Waals surface area contributed by atoms with Gasteiger partial charge in [0.15, 0.2) is 0 Å². The minimum Gasteiger partial charge on any atom is -0.397 e. The van der Waals surface area contributed by atoms with Gasteiger partial charge in [0.2, 0.25) is 0 Å². The number of carbonyl (C=O) groups is 1. The average Bonchev–Trinajstić information content (AvgIpc) is 3.39. The number of nitrogens with two attached hydrogens (primary N) is 1. The van der Waals surface area contributed by atoms with Gasteiger partial charge in [0.1, 0.15) is 9.71 Å². The zero-order valence-electron chi connectivity index (χ0n) is 18.6. The van der Waals surface area contributed by atoms with Crippen molar-refractivity contribution >= 4 is 38.8 Å². The number of carbonyl (C=O) groups excluding carboxylic acids is 1. The zero-order chi connectivity index (χ0) is 22.1. The lowest BCUT2D eigenvalue weighted by molar-refractivity contribution is 0.0959. The summed E-state index contributed by atoms with van der Waals surface area (Å²) in [4.78, 5) is 21.0. The second kappa shape index (κ2) is 8.71. The monoisotopic (exact) mass is 449 g/mol. The van der Waals surface area contributed by atoms with Crippen molar-refractivity contribution in [1.82, 2.24) is 15.6 Å². The molecule has 168 valence electrons. The highest BCUT2D eigenvalue weighted by Crippen LogP contribution is 2.38. The van der Waals surface area contributed by atoms with Gasteiger partial charge in [0, 0.05) is 42.9 Å². The maximum Gasteiger partial charge on any atom is 0.263 e. The third kappa shape index (κ3) is 4.19. The fraction of sp³-hybridized carbons (Fsp3) is 0.440. The van der Waals surface area contributed by atoms with Crippen LogP contribution in [0.3, 0.4) is 0 Å². The number of fused-ring (bicyclic) bond motifs is 1. The number of aromatic nitrogens is 1. The number of benzene rings is 1. The number of pyridine rings is 1. The SMILES string of the molecule is Cc1ccc2c(N)c(C(=O)NCCc3ccc(N4CCC5(CCNC5)CC4)cc3)sc2n1. The molecule has 7 heteroatoms. The zero-order valence-corrected chi connectivity index (χ0v) is 19.4. The van der Waals surface area contributed by atoms with Crippen LogP contribution in [0, 0.1) is 12.3 Å². The second-order valence-corrected chi connectivity index (χ2v) is 10.2. The van der Waals surface area contributed by atoms with Crippen LogP contribution >= 0.6 is 11.3 Å². The van der Waals surface area contributed by atoms with E-state index in [4.69, 9.17) is 5.73 Å². The van der Waals surface area contributed by atoms with Gasteiger partial charge in [-0.1, -0.05) is 12.1 Å². The minimum absolute atomic E-state index is 0.122. The molecule has 4 heterocycles. The van der Waals surface area contributed by atoms with E-state index in [0.29, 0.717) is 22.5 Å². The Hall–Kier alpha value is -2.64. The fourth-order valence-electron chi connectivity index (χ4n) is 4.99. The van der Waals surface area contributed by atoms with Gasteiger partial charge >= 0.3 is 0 Å². The molecule has 1 aromatic carbocycles. The van der Waals surface area contributed by atoms with E-state index in [2.05, 4.69) is 44.8 Å². The lowest BCUT2D eigenvalue weighted by atomic mass is 9.78. The molecule has 2 aliphatic rings. The number of amides is 1. The third-order valence-corrected chi connectivity index (χ3v) is 8.21. The number of thiophene rings is 1. The molecule has 0 saturated carbocycles. The molecule has 4 N–H and O–H groups in total. The number of rotatable bonds is 5. The Bertz CT molecular complexity index is 1110. The standard InChI is InChI=1S/C25H31N5OS/c1-17-2-7-20-21(26)22(32-24(20)29-17)23(31)28-12-8-18-3-5-19(6-4-18)30-14-10-25(11-15-30)9-13-27-16-25/h2-7,27H,8-16,26H2,1H3,(H,28,31). The molecule has 0 atom stereocenters. The number of nitrogens with one attached hydrogen (secondary N) is 2. The molecular formula is C25H31N5OS. The lowest BCUT2D eigenvalue weighted by Crippen LogP contribution is -2.41. The summed E-state index contributed by atoms with van der Waals surface area (Å²) in [7, 11) is 0. The first-order chi connectivity index (χ1) is 15.5. The second-order valence-electron chi connectivity index (χ2n) is 9.24. The van der Waals surface area contributed by atoms with Crippen LogP contribution in [-0.4, -0.2) is 43.6 Å². The van der Waals surface area contributed by atoms with E-state index >= 15 is 0 Å². The Morgan fingerprint density at radius 2 is 1.97 bits per heavy atom. The fourth-order valence-corrected chi connectivity index (χ4v) is 6.05. The molecule has 2 fully saturated rings. The number of hydrogen-bond acceptors (Lipinski definition) is 6. The van der Waals surface area contributed by atoms with E-state index in [9.17, 15) is 4.79 Å². The van der Waals surface area contributed by atoms with Gasteiger partial charge < -0.3 is 21.3 Å². The smallest absolute Gasteiger partial charge is 0.263 e. The summed E-state index contributed by atoms with van der Waals surface area (Å²) < 4.78 is 0. The number of anilines is 2. The van der Waals surface area contributed by atoms with Crippen molar-refractivity contribution < 1.29 is 4.79 Å². The van der Waals surface area contributed by atoms with Crippen LogP contribution < -0.4 is 21.3 Å². The Labute approximate surface area is 193 Å². The van der Waals surface area contributed by atoms with Crippen LogP contribution in [0.2, 0.25) is 0 Å². The Morgan fingerprint density at radius 3 is 2.69 bits per heavy atom. The van der Waals surface area contributed by atoms with Gasteiger partial charge in [-0.25, -0.2) is 4.98 Å². The van der Waals surface area contributed by atoms with Gasteiger partial charge in [-0.3, -0.25) is 4.79 Å². The van der Waals surface area contributed by atoms with Gasteiger partial charge in [-0.05, 0) is 74.4 Å². The van der Waals surface area contributed by atoms with Crippen molar-refractivity contribution in [2.75, 3.05) is 43.4 Å². The molecule has 2 aromatic heterocycles. The summed E-state index contributed by atoms with van der Waals surface area (Å²) in [5, 5.41) is 7.41. The van der Waals surface area contributed by atoms with Crippen molar-refractivity contribution in [2.45, 2.75) is 32.6 Å². The van der Waals surface area contributed by atoms with Crippen LogP contribution in [0.4, 0.5) is 11.4 Å². The molecule has 1 spiro atoms. The molecule has 0 unspecified atom stereocenters. The molecule has 0 radical (unpaired) electrons. The number of hydrogen-bond donors (Lipinski definition) is 3. The van der Waals surface area contributed by atoms with Gasteiger partial charge in [-0.2, -0.15) is 0 Å². The highest BCUT2D eigenvalue weighted by molar-refractivity contribution is 7.21. The summed E-state index contributed by atoms with van der Waals surface area (Å²) >= 11 is 1.36. The quantitative estimate of drug-likeness (QED) is 0.553. The van der Waals surface area contributed by atoms with Crippen molar-refractivity contribution in [3.05, 3.63) is 52.5 Å². The van der Waals surface area contributed by atoms with Gasteiger partial charge in [-0.15, -0.1) is 11.3 Å². The van der Waals surface area contributed by atoms with Crippen molar-refractivity contribution in [1.29, 1.82) is 0 Å². The molecule has 6 nitrogen and oxygen atoms in total. The van der Waals surface area contributed by atoms with Crippen LogP contribution in [0.5, 0.6) is 0 Å². The van der Waals surface area contributed by atoms with Crippen LogP contribution in [0.15, 0.2) is 36.4 Å². The average molecular weight is 450 g/mol. The van der Waals surface area contributed by atoms with Crippen LogP contribution in [0.1, 0.15) is 40.2 Å². The largest absolute Gasteiger partial charge is 0.397 e. The number of nitrogens with zero attached hydrogens (tertiary/aromatic N) is 2. The first kappa shape index (κ1) is 21.2. The normalized spacial score (nSPS) is 17.8. The Balaban J connectivity index is 1.14. The minimum atomic E-state index is -0.122. The predicted molar refractivity (Wildman–Crippen MR) is 133 cm³/mol. The van der Waals surface area contributed by atoms with Gasteiger partial charge in [0.25, 0.3) is 5.91 Å². The first-order valence-corrected chi connectivity index (χ1v) is 12.3. The summed E-state index contributed by atoms with van der Waals surface area (Å²) in [5.41, 5.74) is 10.7. The van der Waals surface area contributed by atoms with E-state index in [1.54, 1.807) is 0 Å². The molecule has 0 aliphatic carbocycles. The summed E-state index contributed by atoms with van der Waals surface area (Å²) in [6.45, 7) is 7.17. The van der Waals surface area contributed by atoms with E-state index in [1.165, 1.54) is 54.9 Å². The lowest BCUT2D eigenvalue weighted by Gasteiger charge is -2.40. The van der Waals surface area contributed by atoms with Crippen molar-refractivity contribution in [2.24, 2.45) is 5.41 Å². The van der Waals surface area contributed by atoms with Crippen LogP contribution in [0.25, 0.3) is 10.2 Å². The molecule has 1 amide bonds. The maximum absolute atomic E-state index is 12.7. The number of nitrogen functional groups attached to an aromatic ring is 1. The molecule has 32 heavy (non-hydrogen) atoms. The van der Waals surface area contributed by atoms with E-state index in [0.717, 1.165) is 35.4 Å². The van der Waals surface area contributed by atoms with Gasteiger partial charge in [0.05, 0.1) is 5.69 Å². The highest BCUT2D eigenvalue weighted by atomic mass is 32.1. The molecule has 2 saturated heterocycles. The number of aryl methyl sites for hydroxylation is 1. The molecule has 2 aliphatic heterocycles. The third-order valence-electron chi connectivity index (χ3n) is 7.10. The Morgan fingerprint density at radius 1 is 1.19 bits per heavy atom. The first-order valence-electron chi connectivity index (χ1n) is 11.5. The van der Waals surface area contributed by atoms with Crippen LogP contribution in [-0.2, 0) is 6.42 Å². The number of piperidine rings is 1. The Kier molecular flexibility index (Phi) is 5.78. The topological polar surface area (TPSA) is 83.3 Å². The maximum atomic E-state index is 12.7. The van der Waals surface area contributed by atoms with Crippen molar-refractivity contribution in [3.8, 4) is 0 Å². The molecule has 0 bridgehead atoms. The van der Waals surface area contributed by atoms with E-state index < -0.39 is 0 Å².